The van der Waals surface area contributed by atoms with Crippen LogP contribution in [0.4, 0.5) is 0 Å². The molecule has 0 amide bonds. The molecule has 0 N–H and O–H groups in total. The Bertz CT molecular complexity index is 36.3. The van der Waals surface area contributed by atoms with Crippen molar-refractivity contribution in [3.05, 3.63) is 0 Å². The summed E-state index contributed by atoms with van der Waals surface area (Å²) in [6, 6.07) is 0. The molecule has 0 fully saturated rings. The van der Waals surface area contributed by atoms with E-state index in [1.807, 2.05) is 0 Å². The van der Waals surface area contributed by atoms with Gasteiger partial charge in [-0.1, -0.05) is 0 Å². The predicted molar refractivity (Wildman–Crippen MR) is 39.1 cm³/mol. The van der Waals surface area contributed by atoms with E-state index in [1.54, 1.807) is 0 Å². The second-order valence-electron chi connectivity index (χ2n) is 0.577. The summed E-state index contributed by atoms with van der Waals surface area (Å²) >= 11 is 0. The first kappa shape index (κ1) is 36.0. The summed E-state index contributed by atoms with van der Waals surface area (Å²) in [6.07, 6.45) is 0. The van der Waals surface area contributed by atoms with Crippen LogP contribution in [0.1, 0.15) is 0 Å². The molecule has 0 atom stereocenters. The van der Waals surface area contributed by atoms with E-state index in [0.29, 0.717) is 0 Å². The average molecular weight is 319 g/mol. The summed E-state index contributed by atoms with van der Waals surface area (Å²) in [5.41, 5.74) is 0. The molecule has 0 aromatic rings. The molecule has 0 bridgehead atoms. The van der Waals surface area contributed by atoms with Gasteiger partial charge >= 0.3 is 113 Å². The van der Waals surface area contributed by atoms with E-state index in [-0.39, 0.29) is 130 Å². The van der Waals surface area contributed by atoms with Gasteiger partial charge in [-0.05, 0) is 0 Å². The van der Waals surface area contributed by atoms with Crippen LogP contribution in [0.15, 0.2) is 0 Å². The maximum absolute atomic E-state index is 8.42. The van der Waals surface area contributed by atoms with Crippen LogP contribution in [0.5, 0.6) is 0 Å². The van der Waals surface area contributed by atoms with Gasteiger partial charge in [0.1, 0.15) is 0 Å². The molecule has 0 spiro atoms. The van der Waals surface area contributed by atoms with Gasteiger partial charge in [0, 0.05) is 0 Å². The number of halogens is 1. The van der Waals surface area contributed by atoms with Gasteiger partial charge in [0.25, 0.3) is 0 Å². The summed E-state index contributed by atoms with van der Waals surface area (Å²) in [4.78, 5) is 0. The van der Waals surface area contributed by atoms with Crippen LogP contribution < -0.4 is 30.1 Å². The van der Waals surface area contributed by atoms with Gasteiger partial charge in [-0.25, -0.2) is 0 Å². The molecular formula is HB2BrCa3O6. The molecule has 0 heterocycles. The Morgan fingerprint density at radius 3 is 0.500 bits per heavy atom. The van der Waals surface area contributed by atoms with Crippen LogP contribution in [-0.4, -0.2) is 128 Å². The topological polar surface area (TPSA) is 138 Å². The zero-order chi connectivity index (χ0) is 7.15. The van der Waals surface area contributed by atoms with Crippen molar-refractivity contribution in [2.24, 2.45) is 0 Å². The van der Waals surface area contributed by atoms with Crippen molar-refractivity contribution in [3.63, 3.8) is 0 Å². The first-order valence-corrected chi connectivity index (χ1v) is 1.41. The Morgan fingerprint density at radius 1 is 0.500 bits per heavy atom. The van der Waals surface area contributed by atoms with E-state index in [2.05, 4.69) is 0 Å². The summed E-state index contributed by atoms with van der Waals surface area (Å²) in [7, 11) is -5.83. The molecule has 6 nitrogen and oxygen atoms in total. The van der Waals surface area contributed by atoms with Gasteiger partial charge in [-0.3, -0.25) is 14.6 Å². The smallest absolute Gasteiger partial charge is 0.907 e. The van der Waals surface area contributed by atoms with E-state index in [9.17, 15) is 0 Å². The Labute approximate surface area is 171 Å². The summed E-state index contributed by atoms with van der Waals surface area (Å²) in [6.45, 7) is 0. The fraction of sp³-hybridized carbons (Fsp3) is 0. The standard InChI is InChI=1S/2BO3.BrH.3Ca/c2*2-1(3)4;;;;/h;;1H;;;/q2*-3;;3*+2. The molecule has 0 saturated carbocycles. The minimum absolute atomic E-state index is 0. The van der Waals surface area contributed by atoms with Gasteiger partial charge in [0.15, 0.2) is 0 Å². The molecular weight excluding hydrogens is 318 g/mol. The maximum atomic E-state index is 8.42. The second kappa shape index (κ2) is 29.4. The van der Waals surface area contributed by atoms with Gasteiger partial charge in [0.05, 0.1) is 0 Å². The fourth-order valence-corrected chi connectivity index (χ4v) is 0. The molecule has 0 radical (unpaired) electrons. The van der Waals surface area contributed by atoms with Gasteiger partial charge in [-0.15, -0.1) is 17.0 Å². The second-order valence-corrected chi connectivity index (χ2v) is 0.577. The first-order valence-electron chi connectivity index (χ1n) is 1.41. The number of rotatable bonds is 0. The van der Waals surface area contributed by atoms with Crippen molar-refractivity contribution >= 4 is 145 Å². The molecule has 12 heteroatoms. The number of hydrogen-bond donors (Lipinski definition) is 0. The van der Waals surface area contributed by atoms with Crippen LogP contribution >= 0.6 is 17.0 Å². The quantitative estimate of drug-likeness (QED) is 0.406. The monoisotopic (exact) mass is 318 g/mol. The van der Waals surface area contributed by atoms with E-state index >= 15 is 0 Å². The molecule has 56 valence electrons. The minimum Gasteiger partial charge on any atom is -0.907 e. The normalized spacial score (nSPS) is 4.50. The zero-order valence-electron chi connectivity index (χ0n) is 6.13. The molecule has 0 aromatic heterocycles. The van der Waals surface area contributed by atoms with Crippen molar-refractivity contribution in [1.29, 1.82) is 0 Å². The zero-order valence-corrected chi connectivity index (χ0v) is 14.5. The number of hydrogen-bond acceptors (Lipinski definition) is 6. The first-order chi connectivity index (χ1) is 3.46. The molecule has 0 unspecified atom stereocenters. The van der Waals surface area contributed by atoms with Crippen molar-refractivity contribution in [2.75, 3.05) is 0 Å². The summed E-state index contributed by atoms with van der Waals surface area (Å²) < 4.78 is 0. The van der Waals surface area contributed by atoms with Crippen LogP contribution in [-0.2, 0) is 0 Å². The van der Waals surface area contributed by atoms with E-state index in [0.717, 1.165) is 0 Å². The molecule has 0 saturated heterocycles. The van der Waals surface area contributed by atoms with Crippen LogP contribution in [0.3, 0.4) is 0 Å². The average Bonchev–Trinajstić information content (AvgIpc) is 1.25. The minimum atomic E-state index is -2.92. The van der Waals surface area contributed by atoms with Gasteiger partial charge in [-0.2, -0.15) is 0 Å². The van der Waals surface area contributed by atoms with Crippen molar-refractivity contribution in [2.45, 2.75) is 0 Å². The molecule has 12 heavy (non-hydrogen) atoms. The molecule has 0 aromatic carbocycles. The van der Waals surface area contributed by atoms with Crippen LogP contribution in [0, 0.1) is 0 Å². The molecule has 0 aliphatic carbocycles. The van der Waals surface area contributed by atoms with Gasteiger partial charge < -0.3 is 30.1 Å². The Morgan fingerprint density at radius 2 is 0.500 bits per heavy atom. The largest absolute Gasteiger partial charge is 2.00 e. The van der Waals surface area contributed by atoms with E-state index in [4.69, 9.17) is 30.1 Å². The van der Waals surface area contributed by atoms with Crippen molar-refractivity contribution in [3.8, 4) is 0 Å². The third-order valence-electron chi connectivity index (χ3n) is 0. The maximum Gasteiger partial charge on any atom is 2.00 e. The van der Waals surface area contributed by atoms with Crippen LogP contribution in [0.2, 0.25) is 0 Å². The fourth-order valence-electron chi connectivity index (χ4n) is 0. The van der Waals surface area contributed by atoms with E-state index in [1.165, 1.54) is 0 Å². The SMILES string of the molecule is Br.[Ca+2].[Ca+2].[Ca+2].[O-]B([O-])[O-].[O-]B([O-])[O-]. The van der Waals surface area contributed by atoms with Crippen molar-refractivity contribution < 1.29 is 30.1 Å². The van der Waals surface area contributed by atoms with Gasteiger partial charge in [0.2, 0.25) is 0 Å². The third kappa shape index (κ3) is 142. The summed E-state index contributed by atoms with van der Waals surface area (Å²) in [5.74, 6) is 0. The Hall–Kier alpha value is 4.15. The third-order valence-corrected chi connectivity index (χ3v) is 0. The van der Waals surface area contributed by atoms with Crippen LogP contribution in [0.25, 0.3) is 0 Å². The van der Waals surface area contributed by atoms with E-state index < -0.39 is 14.6 Å². The molecule has 0 aliphatic rings. The predicted octanol–water partition coefficient (Wildman–Crippen LogP) is -8.46. The Kier molecular flexibility index (Phi) is 88.3. The van der Waals surface area contributed by atoms with Crippen molar-refractivity contribution in [1.82, 2.24) is 0 Å². The molecule has 0 rings (SSSR count). The Balaban J connectivity index is -0.0000000112. The summed E-state index contributed by atoms with van der Waals surface area (Å²) in [5, 5.41) is 50.5. The molecule has 0 aliphatic heterocycles.